The first kappa shape index (κ1) is 16.3. The van der Waals surface area contributed by atoms with Crippen molar-refractivity contribution in [3.05, 3.63) is 0 Å². The molecule has 0 aliphatic heterocycles. The Balaban J connectivity index is 0. The summed E-state index contributed by atoms with van der Waals surface area (Å²) in [6, 6.07) is 0. The Bertz CT molecular complexity index is 139. The summed E-state index contributed by atoms with van der Waals surface area (Å²) in [7, 11) is -0.743. The molecule has 0 amide bonds. The van der Waals surface area contributed by atoms with Crippen molar-refractivity contribution in [2.45, 2.75) is 38.9 Å². The average molecular weight is 210 g/mol. The summed E-state index contributed by atoms with van der Waals surface area (Å²) < 4.78 is 0. The molecule has 0 unspecified atom stereocenters. The first-order valence-corrected chi connectivity index (χ1v) is 4.03. The molecule has 0 heterocycles. The van der Waals surface area contributed by atoms with Gasteiger partial charge in [0.25, 0.3) is 0 Å². The van der Waals surface area contributed by atoms with E-state index in [1.165, 1.54) is 7.11 Å². The first-order chi connectivity index (χ1) is 6.04. The molecule has 0 aromatic carbocycles. The Kier molecular flexibility index (Phi) is 7.36. The molecule has 0 bridgehead atoms. The molecule has 0 aliphatic carbocycles. The normalized spacial score (nSPS) is 11.8. The molecular formula is C7H19BO6. The average Bonchev–Trinajstić information content (AvgIpc) is 1.82. The first-order valence-electron chi connectivity index (χ1n) is 4.03. The molecule has 0 rings (SSSR count). The van der Waals surface area contributed by atoms with Crippen molar-refractivity contribution in [2.75, 3.05) is 7.11 Å². The molecule has 0 saturated carbocycles. The minimum Gasteiger partial charge on any atom is -0.402 e. The second kappa shape index (κ2) is 6.33. The van der Waals surface area contributed by atoms with Gasteiger partial charge < -0.3 is 20.2 Å². The lowest BCUT2D eigenvalue weighted by Gasteiger charge is -2.34. The van der Waals surface area contributed by atoms with Crippen LogP contribution in [-0.2, 0) is 9.78 Å². The van der Waals surface area contributed by atoms with Gasteiger partial charge in [-0.05, 0) is 27.7 Å². The van der Waals surface area contributed by atoms with Crippen LogP contribution in [-0.4, -0.2) is 45.8 Å². The molecule has 86 valence electrons. The van der Waals surface area contributed by atoms with Crippen molar-refractivity contribution in [3.63, 3.8) is 0 Å². The lowest BCUT2D eigenvalue weighted by atomic mass is 9.90. The molecule has 7 heteroatoms. The van der Waals surface area contributed by atoms with Gasteiger partial charge in [-0.25, -0.2) is 9.78 Å². The van der Waals surface area contributed by atoms with Gasteiger partial charge in [0.15, 0.2) is 0 Å². The van der Waals surface area contributed by atoms with Crippen LogP contribution >= 0.6 is 0 Å². The van der Waals surface area contributed by atoms with Gasteiger partial charge in [-0.3, -0.25) is 0 Å². The maximum atomic E-state index is 9.47. The van der Waals surface area contributed by atoms with Crippen molar-refractivity contribution in [1.82, 2.24) is 0 Å². The van der Waals surface area contributed by atoms with Gasteiger partial charge >= 0.3 is 7.32 Å². The van der Waals surface area contributed by atoms with Crippen LogP contribution in [0, 0.1) is 0 Å². The summed E-state index contributed by atoms with van der Waals surface area (Å²) in [5.74, 6) is 0. The molecular weight excluding hydrogens is 191 g/mol. The predicted molar refractivity (Wildman–Crippen MR) is 50.9 cm³/mol. The molecule has 6 nitrogen and oxygen atoms in total. The Labute approximate surface area is 84.2 Å². The monoisotopic (exact) mass is 210 g/mol. The number of hydrogen-bond acceptors (Lipinski definition) is 6. The van der Waals surface area contributed by atoms with Gasteiger partial charge in [0.1, 0.15) is 5.60 Å². The lowest BCUT2D eigenvalue weighted by Crippen LogP contribution is -2.47. The maximum Gasteiger partial charge on any atom is 0.631 e. The third-order valence-electron chi connectivity index (χ3n) is 1.77. The standard InChI is InChI=1S/C7H16O3.BH3O3/c1-6(2,8)7(3,4)10-9-5;2-1(3)4/h8H,1-5H3;2-4H. The topological polar surface area (TPSA) is 99.4 Å². The Morgan fingerprint density at radius 1 is 1.00 bits per heavy atom. The van der Waals surface area contributed by atoms with E-state index in [1.54, 1.807) is 27.7 Å². The molecule has 0 spiro atoms. The van der Waals surface area contributed by atoms with Crippen LogP contribution in [0.4, 0.5) is 0 Å². The second-order valence-electron chi connectivity index (χ2n) is 3.67. The molecule has 14 heavy (non-hydrogen) atoms. The number of hydrogen-bond donors (Lipinski definition) is 4. The molecule has 0 fully saturated rings. The van der Waals surface area contributed by atoms with E-state index in [9.17, 15) is 5.11 Å². The van der Waals surface area contributed by atoms with Crippen LogP contribution in [0.5, 0.6) is 0 Å². The highest BCUT2D eigenvalue weighted by Gasteiger charge is 2.37. The van der Waals surface area contributed by atoms with Crippen LogP contribution in [0.2, 0.25) is 0 Å². The molecule has 0 saturated heterocycles. The molecule has 0 aromatic heterocycles. The highest BCUT2D eigenvalue weighted by molar-refractivity contribution is 6.30. The van der Waals surface area contributed by atoms with E-state index in [1.807, 2.05) is 0 Å². The highest BCUT2D eigenvalue weighted by Crippen LogP contribution is 2.24. The highest BCUT2D eigenvalue weighted by atomic mass is 17.2. The van der Waals surface area contributed by atoms with Crippen molar-refractivity contribution in [2.24, 2.45) is 0 Å². The summed E-state index contributed by atoms with van der Waals surface area (Å²) in [6.07, 6.45) is 0. The van der Waals surface area contributed by atoms with Gasteiger partial charge in [0, 0.05) is 0 Å². The zero-order chi connectivity index (χ0) is 12.0. The number of rotatable bonds is 3. The van der Waals surface area contributed by atoms with Gasteiger partial charge in [0.05, 0.1) is 12.7 Å². The van der Waals surface area contributed by atoms with Crippen molar-refractivity contribution < 1.29 is 30.0 Å². The lowest BCUT2D eigenvalue weighted by molar-refractivity contribution is -0.366. The quantitative estimate of drug-likeness (QED) is 0.272. The van der Waals surface area contributed by atoms with Crippen LogP contribution in [0.1, 0.15) is 27.7 Å². The predicted octanol–water partition coefficient (Wildman–Crippen LogP) is -0.938. The zero-order valence-corrected chi connectivity index (χ0v) is 9.18. The summed E-state index contributed by atoms with van der Waals surface area (Å²) in [5.41, 5.74) is -1.58. The van der Waals surface area contributed by atoms with Crippen molar-refractivity contribution in [3.8, 4) is 0 Å². The van der Waals surface area contributed by atoms with Gasteiger partial charge in [-0.1, -0.05) is 0 Å². The second-order valence-corrected chi connectivity index (χ2v) is 3.67. The van der Waals surface area contributed by atoms with Gasteiger partial charge in [-0.15, -0.1) is 0 Å². The zero-order valence-electron chi connectivity index (χ0n) is 9.18. The van der Waals surface area contributed by atoms with E-state index in [0.29, 0.717) is 0 Å². The Morgan fingerprint density at radius 2 is 1.29 bits per heavy atom. The third-order valence-corrected chi connectivity index (χ3v) is 1.77. The summed E-state index contributed by atoms with van der Waals surface area (Å²) in [5, 5.41) is 31.0. The van der Waals surface area contributed by atoms with E-state index in [4.69, 9.17) is 20.0 Å². The Morgan fingerprint density at radius 3 is 1.36 bits per heavy atom. The fourth-order valence-electron chi connectivity index (χ4n) is 0.310. The largest absolute Gasteiger partial charge is 0.631 e. The van der Waals surface area contributed by atoms with Crippen LogP contribution < -0.4 is 0 Å². The maximum absolute atomic E-state index is 9.47. The minimum absolute atomic E-state index is 0.679. The molecule has 0 aliphatic rings. The van der Waals surface area contributed by atoms with E-state index in [-0.39, 0.29) is 0 Å². The molecule has 0 radical (unpaired) electrons. The van der Waals surface area contributed by atoms with E-state index in [2.05, 4.69) is 4.89 Å². The summed E-state index contributed by atoms with van der Waals surface area (Å²) >= 11 is 0. The van der Waals surface area contributed by atoms with Crippen LogP contribution in [0.25, 0.3) is 0 Å². The Hall–Kier alpha value is -0.175. The van der Waals surface area contributed by atoms with Gasteiger partial charge in [0.2, 0.25) is 0 Å². The van der Waals surface area contributed by atoms with Gasteiger partial charge in [-0.2, -0.15) is 0 Å². The molecule has 0 aromatic rings. The van der Waals surface area contributed by atoms with Crippen LogP contribution in [0.3, 0.4) is 0 Å². The fourth-order valence-corrected chi connectivity index (χ4v) is 0.310. The third kappa shape index (κ3) is 8.42. The van der Waals surface area contributed by atoms with E-state index in [0.717, 1.165) is 0 Å². The molecule has 0 atom stereocenters. The van der Waals surface area contributed by atoms with Crippen molar-refractivity contribution >= 4 is 7.32 Å². The van der Waals surface area contributed by atoms with Crippen molar-refractivity contribution in [1.29, 1.82) is 0 Å². The number of aliphatic hydroxyl groups is 1. The fraction of sp³-hybridized carbons (Fsp3) is 1.00. The SMILES string of the molecule is COOC(C)(C)C(C)(C)O.OB(O)O. The van der Waals surface area contributed by atoms with E-state index < -0.39 is 18.5 Å². The summed E-state index contributed by atoms with van der Waals surface area (Å²) in [6.45, 7) is 6.87. The van der Waals surface area contributed by atoms with Crippen LogP contribution in [0.15, 0.2) is 0 Å². The molecule has 4 N–H and O–H groups in total. The smallest absolute Gasteiger partial charge is 0.402 e. The summed E-state index contributed by atoms with van der Waals surface area (Å²) in [4.78, 5) is 9.32. The minimum atomic E-state index is -2.17. The van der Waals surface area contributed by atoms with E-state index >= 15 is 0 Å².